The van der Waals surface area contributed by atoms with E-state index in [1.54, 1.807) is 0 Å². The van der Waals surface area contributed by atoms with Crippen LogP contribution in [-0.4, -0.2) is 11.1 Å². The fourth-order valence-corrected chi connectivity index (χ4v) is 2.32. The largest absolute Gasteiger partial charge is 0.478 e. The number of alkyl halides is 3. The highest BCUT2D eigenvalue weighted by atomic mass is 19.4. The van der Waals surface area contributed by atoms with Crippen LogP contribution in [0, 0.1) is 0 Å². The van der Waals surface area contributed by atoms with E-state index in [1.165, 1.54) is 12.1 Å². The summed E-state index contributed by atoms with van der Waals surface area (Å²) in [6.07, 6.45) is -1.60. The first kappa shape index (κ1) is 13.6. The normalized spacial score (nSPS) is 16.6. The van der Waals surface area contributed by atoms with Gasteiger partial charge >= 0.3 is 12.1 Å². The van der Waals surface area contributed by atoms with Crippen LogP contribution in [0.1, 0.15) is 36.8 Å². The number of halogens is 3. The van der Waals surface area contributed by atoms with E-state index in [9.17, 15) is 18.0 Å². The molecule has 102 valence electrons. The highest BCUT2D eigenvalue weighted by Crippen LogP contribution is 2.34. The summed E-state index contributed by atoms with van der Waals surface area (Å²) in [7, 11) is 0. The minimum atomic E-state index is -4.37. The van der Waals surface area contributed by atoms with Crippen LogP contribution in [0.2, 0.25) is 0 Å². The van der Waals surface area contributed by atoms with Crippen LogP contribution in [0.15, 0.2) is 29.8 Å². The summed E-state index contributed by atoms with van der Waals surface area (Å²) in [4.78, 5) is 11.1. The van der Waals surface area contributed by atoms with Crippen molar-refractivity contribution in [1.82, 2.24) is 0 Å². The topological polar surface area (TPSA) is 37.3 Å². The van der Waals surface area contributed by atoms with Gasteiger partial charge in [-0.3, -0.25) is 0 Å². The summed E-state index contributed by atoms with van der Waals surface area (Å²) in [5.74, 6) is -0.977. The van der Waals surface area contributed by atoms with Crippen LogP contribution in [-0.2, 0) is 11.0 Å². The molecule has 0 unspecified atom stereocenters. The molecule has 0 fully saturated rings. The molecule has 0 saturated heterocycles. The molecule has 1 aliphatic rings. The fourth-order valence-electron chi connectivity index (χ4n) is 2.32. The number of rotatable bonds is 2. The van der Waals surface area contributed by atoms with Crippen molar-refractivity contribution in [3.05, 3.63) is 41.0 Å². The van der Waals surface area contributed by atoms with Crippen LogP contribution >= 0.6 is 0 Å². The molecule has 19 heavy (non-hydrogen) atoms. The number of allylic oxidation sites excluding steroid dienone is 1. The number of hydrogen-bond donors (Lipinski definition) is 1. The maximum Gasteiger partial charge on any atom is 0.416 e. The van der Waals surface area contributed by atoms with Crippen molar-refractivity contribution in [2.75, 3.05) is 0 Å². The Labute approximate surface area is 108 Å². The second-order valence-electron chi connectivity index (χ2n) is 4.54. The zero-order chi connectivity index (χ0) is 14.0. The van der Waals surface area contributed by atoms with Gasteiger partial charge in [0.2, 0.25) is 0 Å². The molecule has 1 aromatic carbocycles. The van der Waals surface area contributed by atoms with Gasteiger partial charge < -0.3 is 5.11 Å². The monoisotopic (exact) mass is 270 g/mol. The number of carboxylic acids is 1. The number of benzene rings is 1. The first-order valence-corrected chi connectivity index (χ1v) is 6.02. The van der Waals surface area contributed by atoms with E-state index < -0.39 is 17.7 Å². The molecule has 0 aromatic heterocycles. The Hall–Kier alpha value is -1.78. The van der Waals surface area contributed by atoms with Gasteiger partial charge in [-0.2, -0.15) is 13.2 Å². The van der Waals surface area contributed by atoms with Gasteiger partial charge in [-0.15, -0.1) is 0 Å². The Balaban J connectivity index is 2.38. The summed E-state index contributed by atoms with van der Waals surface area (Å²) in [5, 5.41) is 9.12. The van der Waals surface area contributed by atoms with Gasteiger partial charge in [0.05, 0.1) is 5.56 Å². The van der Waals surface area contributed by atoms with E-state index in [2.05, 4.69) is 0 Å². The molecule has 2 nitrogen and oxygen atoms in total. The Morgan fingerprint density at radius 3 is 2.16 bits per heavy atom. The quantitative estimate of drug-likeness (QED) is 0.877. The van der Waals surface area contributed by atoms with Crippen LogP contribution in [0.25, 0.3) is 5.57 Å². The van der Waals surface area contributed by atoms with Crippen LogP contribution in [0.3, 0.4) is 0 Å². The summed E-state index contributed by atoms with van der Waals surface area (Å²) in [6.45, 7) is 0. The fraction of sp³-hybridized carbons (Fsp3) is 0.357. The van der Waals surface area contributed by atoms with Gasteiger partial charge in [-0.05, 0) is 49.0 Å². The van der Waals surface area contributed by atoms with E-state index in [0.29, 0.717) is 29.6 Å². The van der Waals surface area contributed by atoms with Gasteiger partial charge in [0, 0.05) is 5.57 Å². The van der Waals surface area contributed by atoms with Crippen LogP contribution < -0.4 is 0 Å². The standard InChI is InChI=1S/C14H13F3O2/c15-14(16,17)10-7-5-9(6-8-10)11-3-1-2-4-12(11)13(18)19/h5-8H,1-4H2,(H,18,19). The first-order chi connectivity index (χ1) is 8.89. The smallest absolute Gasteiger partial charge is 0.416 e. The maximum atomic E-state index is 12.5. The molecule has 0 saturated carbocycles. The highest BCUT2D eigenvalue weighted by Gasteiger charge is 2.30. The third-order valence-electron chi connectivity index (χ3n) is 3.29. The Morgan fingerprint density at radius 1 is 1.05 bits per heavy atom. The molecule has 5 heteroatoms. The number of carbonyl (C=O) groups is 1. The van der Waals surface area contributed by atoms with E-state index in [-0.39, 0.29) is 0 Å². The molecule has 1 N–H and O–H groups in total. The van der Waals surface area contributed by atoms with E-state index >= 15 is 0 Å². The minimum Gasteiger partial charge on any atom is -0.478 e. The molecule has 0 aliphatic heterocycles. The third-order valence-corrected chi connectivity index (χ3v) is 3.29. The van der Waals surface area contributed by atoms with Crippen molar-refractivity contribution < 1.29 is 23.1 Å². The average Bonchev–Trinajstić information content (AvgIpc) is 2.38. The second-order valence-corrected chi connectivity index (χ2v) is 4.54. The molecule has 0 spiro atoms. The lowest BCUT2D eigenvalue weighted by Crippen LogP contribution is -2.09. The maximum absolute atomic E-state index is 12.5. The van der Waals surface area contributed by atoms with Gasteiger partial charge in [-0.25, -0.2) is 4.79 Å². The lowest BCUT2D eigenvalue weighted by molar-refractivity contribution is -0.137. The Morgan fingerprint density at radius 2 is 1.63 bits per heavy atom. The van der Waals surface area contributed by atoms with Gasteiger partial charge in [0.25, 0.3) is 0 Å². The molecule has 2 rings (SSSR count). The number of aliphatic carboxylic acids is 1. The Kier molecular flexibility index (Phi) is 3.64. The first-order valence-electron chi connectivity index (χ1n) is 6.02. The molecule has 0 amide bonds. The number of hydrogen-bond acceptors (Lipinski definition) is 1. The van der Waals surface area contributed by atoms with E-state index in [1.807, 2.05) is 0 Å². The van der Waals surface area contributed by atoms with Gasteiger partial charge in [-0.1, -0.05) is 12.1 Å². The van der Waals surface area contributed by atoms with Crippen LogP contribution in [0.5, 0.6) is 0 Å². The van der Waals surface area contributed by atoms with Crippen molar-refractivity contribution in [2.45, 2.75) is 31.9 Å². The van der Waals surface area contributed by atoms with Crippen molar-refractivity contribution in [2.24, 2.45) is 0 Å². The molecule has 0 atom stereocenters. The molecule has 0 heterocycles. The Bertz CT molecular complexity index is 512. The van der Waals surface area contributed by atoms with E-state index in [0.717, 1.165) is 25.0 Å². The predicted octanol–water partition coefficient (Wildman–Crippen LogP) is 4.12. The molecule has 1 aliphatic carbocycles. The lowest BCUT2D eigenvalue weighted by atomic mass is 9.87. The van der Waals surface area contributed by atoms with Crippen molar-refractivity contribution >= 4 is 11.5 Å². The van der Waals surface area contributed by atoms with Gasteiger partial charge in [0.15, 0.2) is 0 Å². The zero-order valence-corrected chi connectivity index (χ0v) is 10.1. The molecule has 0 bridgehead atoms. The average molecular weight is 270 g/mol. The second kappa shape index (κ2) is 5.07. The highest BCUT2D eigenvalue weighted by molar-refractivity contribution is 5.96. The summed E-state index contributed by atoms with van der Waals surface area (Å²) in [5.41, 5.74) is 0.841. The van der Waals surface area contributed by atoms with Crippen molar-refractivity contribution in [1.29, 1.82) is 0 Å². The molecular weight excluding hydrogens is 257 g/mol. The predicted molar refractivity (Wildman–Crippen MR) is 64.5 cm³/mol. The van der Waals surface area contributed by atoms with Crippen molar-refractivity contribution in [3.63, 3.8) is 0 Å². The summed E-state index contributed by atoms with van der Waals surface area (Å²) in [6, 6.07) is 4.70. The summed E-state index contributed by atoms with van der Waals surface area (Å²) >= 11 is 0. The van der Waals surface area contributed by atoms with Gasteiger partial charge in [0.1, 0.15) is 0 Å². The van der Waals surface area contributed by atoms with Crippen molar-refractivity contribution in [3.8, 4) is 0 Å². The SMILES string of the molecule is O=C(O)C1=C(c2ccc(C(F)(F)F)cc2)CCCC1. The molecule has 0 radical (unpaired) electrons. The van der Waals surface area contributed by atoms with Crippen LogP contribution in [0.4, 0.5) is 13.2 Å². The molecule has 1 aromatic rings. The third kappa shape index (κ3) is 2.97. The molecular formula is C14H13F3O2. The lowest BCUT2D eigenvalue weighted by Gasteiger charge is -2.18. The number of carboxylic acid groups (broad SMARTS) is 1. The van der Waals surface area contributed by atoms with E-state index in [4.69, 9.17) is 5.11 Å². The minimum absolute atomic E-state index is 0.325. The zero-order valence-electron chi connectivity index (χ0n) is 10.1. The summed E-state index contributed by atoms with van der Waals surface area (Å²) < 4.78 is 37.4.